The third-order valence-corrected chi connectivity index (χ3v) is 19.7. The molecule has 0 amide bonds. The summed E-state index contributed by atoms with van der Waals surface area (Å²) < 4.78 is 17.3. The molecule has 5 aromatic carbocycles. The lowest BCUT2D eigenvalue weighted by Gasteiger charge is -2.37. The van der Waals surface area contributed by atoms with Crippen molar-refractivity contribution in [2.75, 3.05) is 73.2 Å². The average Bonchev–Trinajstić information content (AvgIpc) is 3.90. The molecule has 0 saturated carbocycles. The van der Waals surface area contributed by atoms with Gasteiger partial charge in [0.1, 0.15) is 5.69 Å². The molecule has 4 heterocycles. The van der Waals surface area contributed by atoms with E-state index in [9.17, 15) is 35.1 Å². The van der Waals surface area contributed by atoms with E-state index in [1.54, 1.807) is 23.9 Å². The molecule has 1 aromatic heterocycles. The average molecular weight is 1060 g/mol. The zero-order valence-corrected chi connectivity index (χ0v) is 44.3. The van der Waals surface area contributed by atoms with Crippen molar-refractivity contribution in [2.24, 2.45) is 5.92 Å². The number of hydrogen-bond acceptors (Lipinski definition) is 11. The first-order valence-corrected chi connectivity index (χ1v) is 28.4. The number of nitro benzene ring substituents is 1. The van der Waals surface area contributed by atoms with Crippen LogP contribution in [-0.4, -0.2) is 111 Å². The number of carbonyl (C=O) groups is 2. The second-order valence-corrected chi connectivity index (χ2v) is 24.1. The molecule has 3 aliphatic rings. The van der Waals surface area contributed by atoms with Gasteiger partial charge in [0, 0.05) is 101 Å². The number of rotatable bonds is 18. The minimum atomic E-state index is -3.77. The maximum Gasteiger partial charge on any atom is 0.338 e. The number of piperazine rings is 1. The molecule has 74 heavy (non-hydrogen) atoms. The predicted octanol–water partition coefficient (Wildman–Crippen LogP) is 11.8. The van der Waals surface area contributed by atoms with Crippen LogP contribution in [0.1, 0.15) is 72.8 Å². The molecule has 0 radical (unpaired) electrons. The first kappa shape index (κ1) is 52.7. The zero-order valence-electron chi connectivity index (χ0n) is 41.8. The van der Waals surface area contributed by atoms with Gasteiger partial charge in [-0.3, -0.25) is 19.5 Å². The number of halogens is 1. The van der Waals surface area contributed by atoms with E-state index < -0.39 is 29.8 Å². The van der Waals surface area contributed by atoms with E-state index in [2.05, 4.69) is 50.6 Å². The number of aliphatic carboxylic acids is 1. The maximum atomic E-state index is 15.2. The van der Waals surface area contributed by atoms with Crippen LogP contribution in [0.5, 0.6) is 0 Å². The Labute approximate surface area is 441 Å². The molecule has 0 aliphatic carbocycles. The molecule has 0 spiro atoms. The van der Waals surface area contributed by atoms with E-state index in [1.807, 2.05) is 97.9 Å². The fourth-order valence-corrected chi connectivity index (χ4v) is 15.2. The van der Waals surface area contributed by atoms with Gasteiger partial charge in [0.2, 0.25) is 7.29 Å². The summed E-state index contributed by atoms with van der Waals surface area (Å²) in [7, 11) is -3.77. The summed E-state index contributed by atoms with van der Waals surface area (Å²) in [6.07, 6.45) is 2.24. The van der Waals surface area contributed by atoms with Gasteiger partial charge >= 0.3 is 11.9 Å². The summed E-state index contributed by atoms with van der Waals surface area (Å²) in [4.78, 5) is 45.6. The molecule has 3 aliphatic heterocycles. The molecule has 1 unspecified atom stereocenters. The van der Waals surface area contributed by atoms with Gasteiger partial charge in [0.15, 0.2) is 0 Å². The van der Waals surface area contributed by atoms with E-state index in [0.717, 1.165) is 56.6 Å². The number of nitro groups is 1. The van der Waals surface area contributed by atoms with Crippen molar-refractivity contribution in [3.63, 3.8) is 0 Å². The highest BCUT2D eigenvalue weighted by Gasteiger charge is 2.47. The maximum absolute atomic E-state index is 15.2. The van der Waals surface area contributed by atoms with Crippen LogP contribution in [0, 0.1) is 23.0 Å². The lowest BCUT2D eigenvalue weighted by molar-refractivity contribution is -0.383. The lowest BCUT2D eigenvalue weighted by Crippen LogP contribution is -2.46. The third kappa shape index (κ3) is 11.1. The summed E-state index contributed by atoms with van der Waals surface area (Å²) in [5.41, 5.74) is 6.44. The number of carboxylic acid groups (broad SMARTS) is 2. The Morgan fingerprint density at radius 2 is 1.49 bits per heavy atom. The molecule has 4 N–H and O–H groups in total. The Balaban J connectivity index is 0.893. The smallest absolute Gasteiger partial charge is 0.338 e. The van der Waals surface area contributed by atoms with Gasteiger partial charge in [-0.25, -0.2) is 4.79 Å². The number of hydrogen-bond donors (Lipinski definition) is 4. The van der Waals surface area contributed by atoms with Crippen molar-refractivity contribution in [3.05, 3.63) is 153 Å². The largest absolute Gasteiger partial charge is 0.481 e. The molecule has 9 rings (SSSR count). The van der Waals surface area contributed by atoms with Crippen LogP contribution >= 0.6 is 30.7 Å². The molecule has 3 atom stereocenters. The number of anilines is 3. The SMILES string of the molecule is Cc1c(C(=O)O)c(-c2cccc(N3CCN(c4ccc([C@H]5CCN(O)P5(=O)c5ccc(N[C@H](CCN6CCC(C(=O)O)CC6)CSc6ccccc6)c([N+](=O)[O-])c5)cc4)CC3)c2)c(-c2ccc(Cl)cc2)n1C(C)C. The van der Waals surface area contributed by atoms with Crippen LogP contribution < -0.4 is 20.4 Å². The second kappa shape index (κ2) is 22.8. The molecule has 18 heteroatoms. The third-order valence-electron chi connectivity index (χ3n) is 14.9. The fraction of sp³-hybridized carbons (Fsp3) is 0.357. The highest BCUT2D eigenvalue weighted by Crippen LogP contribution is 2.66. The van der Waals surface area contributed by atoms with Gasteiger partial charge in [-0.2, -0.15) is 0 Å². The topological polar surface area (TPSA) is 185 Å². The minimum absolute atomic E-state index is 0.00458. The standard InChI is InChI=1S/C56H63ClN7O8PS/c1-37(2)63-38(3)52(56(67)68)53(54(63)40-12-16-43(57)17-13-40)42-8-7-9-46(34-42)61-32-30-60(31-33-61)45-18-14-39(15-19-45)51-25-29-62(69)73(51,72)47-20-21-49(50(35-47)64(70)71)58-44(36-74-48-10-5-4-6-11-48)24-28-59-26-22-41(23-27-59)55(65)66/h4-21,34-35,37,41,44,51,58,69H,22-33,36H2,1-3H3,(H,65,66)(H,67,68)/t44-,51-,73?/m1/s1. The van der Waals surface area contributed by atoms with Gasteiger partial charge in [-0.1, -0.05) is 66.2 Å². The van der Waals surface area contributed by atoms with Gasteiger partial charge < -0.3 is 40.0 Å². The second-order valence-electron chi connectivity index (χ2n) is 19.8. The van der Waals surface area contributed by atoms with Crippen molar-refractivity contribution < 1.29 is 34.5 Å². The number of aromatic nitrogens is 1. The molecular formula is C56H63ClN7O8PS. The number of nitrogens with zero attached hydrogens (tertiary/aromatic N) is 6. The number of carboxylic acids is 2. The Morgan fingerprint density at radius 3 is 2.12 bits per heavy atom. The van der Waals surface area contributed by atoms with Gasteiger partial charge in [-0.05, 0) is 137 Å². The van der Waals surface area contributed by atoms with Gasteiger partial charge in [0.05, 0.1) is 27.8 Å². The number of aromatic carboxylic acids is 1. The van der Waals surface area contributed by atoms with Gasteiger partial charge in [-0.15, -0.1) is 16.6 Å². The van der Waals surface area contributed by atoms with E-state index in [0.29, 0.717) is 86.1 Å². The molecular weight excluding hydrogens is 997 g/mol. The van der Waals surface area contributed by atoms with E-state index >= 15 is 4.57 Å². The fourth-order valence-electron chi connectivity index (χ4n) is 11.0. The molecule has 388 valence electrons. The lowest BCUT2D eigenvalue weighted by atomic mass is 9.96. The summed E-state index contributed by atoms with van der Waals surface area (Å²) in [5, 5.41) is 48.4. The van der Waals surface area contributed by atoms with Crippen LogP contribution in [0.3, 0.4) is 0 Å². The summed E-state index contributed by atoms with van der Waals surface area (Å²) in [6, 6.07) is 37.9. The van der Waals surface area contributed by atoms with Crippen molar-refractivity contribution in [1.82, 2.24) is 14.3 Å². The van der Waals surface area contributed by atoms with E-state index in [-0.39, 0.29) is 41.1 Å². The van der Waals surface area contributed by atoms with Crippen LogP contribution in [0.25, 0.3) is 22.4 Å². The molecule has 6 aromatic rings. The van der Waals surface area contributed by atoms with Gasteiger partial charge in [0.25, 0.3) is 5.69 Å². The normalized spacial score (nSPS) is 19.2. The number of hydroxylamine groups is 1. The van der Waals surface area contributed by atoms with Crippen molar-refractivity contribution in [1.29, 1.82) is 0 Å². The molecule has 15 nitrogen and oxygen atoms in total. The highest BCUT2D eigenvalue weighted by atomic mass is 35.5. The van der Waals surface area contributed by atoms with Crippen molar-refractivity contribution in [3.8, 4) is 22.4 Å². The number of benzene rings is 5. The predicted molar refractivity (Wildman–Crippen MR) is 295 cm³/mol. The number of thioether (sulfide) groups is 1. The first-order valence-electron chi connectivity index (χ1n) is 25.3. The van der Waals surface area contributed by atoms with Crippen LogP contribution in [-0.2, 0) is 9.36 Å². The summed E-state index contributed by atoms with van der Waals surface area (Å²) in [5.74, 6) is -1.45. The van der Waals surface area contributed by atoms with Crippen molar-refractivity contribution in [2.45, 2.75) is 69.1 Å². The number of piperidine rings is 1. The molecule has 3 saturated heterocycles. The zero-order chi connectivity index (χ0) is 52.3. The monoisotopic (exact) mass is 1060 g/mol. The Bertz CT molecular complexity index is 3030. The molecule has 3 fully saturated rings. The Morgan fingerprint density at radius 1 is 0.811 bits per heavy atom. The minimum Gasteiger partial charge on any atom is -0.481 e. The van der Waals surface area contributed by atoms with Crippen LogP contribution in [0.4, 0.5) is 22.7 Å². The number of likely N-dealkylation sites (tertiary alicyclic amines) is 1. The van der Waals surface area contributed by atoms with Crippen molar-refractivity contribution >= 4 is 70.6 Å². The Hall–Kier alpha value is -6.13. The van der Waals surface area contributed by atoms with E-state index in [4.69, 9.17) is 11.6 Å². The first-order chi connectivity index (χ1) is 35.6. The summed E-state index contributed by atoms with van der Waals surface area (Å²) >= 11 is 7.93. The quantitative estimate of drug-likeness (QED) is 0.0276. The number of nitrogens with one attached hydrogen (secondary N) is 1. The highest BCUT2D eigenvalue weighted by molar-refractivity contribution is 7.99. The molecule has 0 bridgehead atoms. The van der Waals surface area contributed by atoms with Crippen LogP contribution in [0.2, 0.25) is 5.02 Å². The van der Waals surface area contributed by atoms with Crippen LogP contribution in [0.15, 0.2) is 126 Å². The van der Waals surface area contributed by atoms with E-state index in [1.165, 1.54) is 6.07 Å². The Kier molecular flexibility index (Phi) is 16.2. The summed E-state index contributed by atoms with van der Waals surface area (Å²) in [6.45, 7) is 11.1.